The van der Waals surface area contributed by atoms with Gasteiger partial charge < -0.3 is 0 Å². The van der Waals surface area contributed by atoms with Crippen molar-refractivity contribution in [2.75, 3.05) is 6.26 Å². The van der Waals surface area contributed by atoms with Crippen LogP contribution in [0.15, 0.2) is 29.4 Å². The summed E-state index contributed by atoms with van der Waals surface area (Å²) < 4.78 is 0. The summed E-state index contributed by atoms with van der Waals surface area (Å²) in [5.74, 6) is 0. The molecule has 0 spiro atoms. The van der Waals surface area contributed by atoms with Crippen LogP contribution in [0.3, 0.4) is 0 Å². The first-order valence-electron chi connectivity index (χ1n) is 5.42. The summed E-state index contributed by atoms with van der Waals surface area (Å²) in [6.45, 7) is 1.94. The fraction of sp³-hybridized carbons (Fsp3) is 0.154. The molecule has 0 N–H and O–H groups in total. The molecule has 0 bridgehead atoms. The van der Waals surface area contributed by atoms with Gasteiger partial charge in [0.15, 0.2) is 5.16 Å². The average molecular weight is 313 g/mol. The second-order valence-corrected chi connectivity index (χ2v) is 5.29. The minimum atomic E-state index is -0.657. The summed E-state index contributed by atoms with van der Waals surface area (Å²) in [6, 6.07) is 7.60. The molecule has 3 nitrogen and oxygen atoms in total. The van der Waals surface area contributed by atoms with Crippen LogP contribution in [0.5, 0.6) is 0 Å². The Bertz CT molecular complexity index is 647. The zero-order valence-corrected chi connectivity index (χ0v) is 12.6. The minimum absolute atomic E-state index is 0.0811. The summed E-state index contributed by atoms with van der Waals surface area (Å²) in [5, 5.41) is -0.0709. The van der Waals surface area contributed by atoms with Crippen LogP contribution in [-0.2, 0) is 0 Å². The van der Waals surface area contributed by atoms with Crippen molar-refractivity contribution < 1.29 is 4.79 Å². The second-order valence-electron chi connectivity index (χ2n) is 3.81. The van der Waals surface area contributed by atoms with Crippen LogP contribution >= 0.6 is 35.0 Å². The van der Waals surface area contributed by atoms with E-state index < -0.39 is 5.24 Å². The summed E-state index contributed by atoms with van der Waals surface area (Å²) in [7, 11) is 0. The van der Waals surface area contributed by atoms with E-state index in [9.17, 15) is 4.79 Å². The topological polar surface area (TPSA) is 42.9 Å². The van der Waals surface area contributed by atoms with Gasteiger partial charge in [0, 0.05) is 5.56 Å². The Morgan fingerprint density at radius 3 is 2.53 bits per heavy atom. The van der Waals surface area contributed by atoms with Crippen molar-refractivity contribution in [3.63, 3.8) is 0 Å². The van der Waals surface area contributed by atoms with Gasteiger partial charge in [-0.15, -0.1) is 0 Å². The Balaban J connectivity index is 2.77. The molecule has 1 heterocycles. The lowest BCUT2D eigenvalue weighted by Gasteiger charge is -2.10. The Morgan fingerprint density at radius 2 is 1.95 bits per heavy atom. The summed E-state index contributed by atoms with van der Waals surface area (Å²) in [6.07, 6.45) is 1.84. The highest BCUT2D eigenvalue weighted by molar-refractivity contribution is 7.98. The van der Waals surface area contributed by atoms with E-state index in [1.165, 1.54) is 11.8 Å². The highest BCUT2D eigenvalue weighted by Gasteiger charge is 2.20. The van der Waals surface area contributed by atoms with Crippen LogP contribution in [0.25, 0.3) is 11.3 Å². The molecule has 0 atom stereocenters. The third-order valence-electron chi connectivity index (χ3n) is 2.62. The molecule has 6 heteroatoms. The first kappa shape index (κ1) is 14.3. The molecular weight excluding hydrogens is 303 g/mol. The fourth-order valence-electron chi connectivity index (χ4n) is 1.71. The molecule has 1 aromatic carbocycles. The molecule has 1 aromatic heterocycles. The van der Waals surface area contributed by atoms with Gasteiger partial charge in [-0.2, -0.15) is 0 Å². The SMILES string of the molecule is CSc1nc(Cl)c(C(=O)Cl)c(-c2ccccc2C)n1. The standard InChI is InChI=1S/C13H10Cl2N2OS/c1-7-5-3-4-6-8(7)10-9(12(15)18)11(14)17-13(16-10)19-2/h3-6H,1-2H3. The minimum Gasteiger partial charge on any atom is -0.275 e. The zero-order valence-electron chi connectivity index (χ0n) is 10.3. The molecule has 0 aliphatic rings. The number of benzene rings is 1. The van der Waals surface area contributed by atoms with Crippen molar-refractivity contribution in [1.82, 2.24) is 9.97 Å². The van der Waals surface area contributed by atoms with Gasteiger partial charge in [-0.25, -0.2) is 9.97 Å². The molecule has 0 radical (unpaired) electrons. The van der Waals surface area contributed by atoms with E-state index in [2.05, 4.69) is 9.97 Å². The smallest absolute Gasteiger partial charge is 0.257 e. The van der Waals surface area contributed by atoms with Gasteiger partial charge in [-0.1, -0.05) is 47.6 Å². The lowest BCUT2D eigenvalue weighted by Crippen LogP contribution is -2.03. The van der Waals surface area contributed by atoms with Crippen LogP contribution in [0.2, 0.25) is 5.15 Å². The third kappa shape index (κ3) is 2.91. The lowest BCUT2D eigenvalue weighted by molar-refractivity contribution is 0.108. The summed E-state index contributed by atoms with van der Waals surface area (Å²) in [4.78, 5) is 20.0. The molecule has 98 valence electrons. The van der Waals surface area contributed by atoms with Gasteiger partial charge in [0.1, 0.15) is 5.15 Å². The van der Waals surface area contributed by atoms with Gasteiger partial charge in [-0.05, 0) is 30.3 Å². The Morgan fingerprint density at radius 1 is 1.26 bits per heavy atom. The van der Waals surface area contributed by atoms with Crippen LogP contribution in [-0.4, -0.2) is 21.5 Å². The van der Waals surface area contributed by atoms with E-state index in [0.29, 0.717) is 10.9 Å². The van der Waals surface area contributed by atoms with E-state index in [4.69, 9.17) is 23.2 Å². The number of carbonyl (C=O) groups is 1. The Kier molecular flexibility index (Phi) is 4.45. The zero-order chi connectivity index (χ0) is 14.0. The van der Waals surface area contributed by atoms with Crippen LogP contribution in [0.4, 0.5) is 0 Å². The highest BCUT2D eigenvalue weighted by atomic mass is 35.5. The third-order valence-corrected chi connectivity index (χ3v) is 3.63. The van der Waals surface area contributed by atoms with Crippen molar-refractivity contribution in [3.8, 4) is 11.3 Å². The van der Waals surface area contributed by atoms with Gasteiger partial charge in [-0.3, -0.25) is 4.79 Å². The molecule has 0 aliphatic heterocycles. The van der Waals surface area contributed by atoms with Crippen molar-refractivity contribution in [2.24, 2.45) is 0 Å². The number of carbonyl (C=O) groups excluding carboxylic acids is 1. The second kappa shape index (κ2) is 5.90. The number of aryl methyl sites for hydroxylation is 1. The molecule has 0 amide bonds. The monoisotopic (exact) mass is 312 g/mol. The Hall–Kier alpha value is -1.10. The number of nitrogens with zero attached hydrogens (tertiary/aromatic N) is 2. The number of aromatic nitrogens is 2. The molecule has 19 heavy (non-hydrogen) atoms. The van der Waals surface area contributed by atoms with Crippen molar-refractivity contribution >= 4 is 40.2 Å². The average Bonchev–Trinajstić information content (AvgIpc) is 2.37. The number of halogens is 2. The van der Waals surface area contributed by atoms with E-state index in [-0.39, 0.29) is 10.7 Å². The van der Waals surface area contributed by atoms with Crippen LogP contribution in [0, 0.1) is 6.92 Å². The van der Waals surface area contributed by atoms with Crippen LogP contribution in [0.1, 0.15) is 15.9 Å². The van der Waals surface area contributed by atoms with E-state index in [1.54, 1.807) is 0 Å². The first-order chi connectivity index (χ1) is 9.04. The predicted octanol–water partition coefficient (Wildman–Crippen LogP) is 4.21. The maximum absolute atomic E-state index is 11.6. The van der Waals surface area contributed by atoms with Crippen molar-refractivity contribution in [2.45, 2.75) is 12.1 Å². The van der Waals surface area contributed by atoms with Crippen molar-refractivity contribution in [1.29, 1.82) is 0 Å². The Labute approximate surface area is 125 Å². The molecule has 0 unspecified atom stereocenters. The van der Waals surface area contributed by atoms with Crippen LogP contribution < -0.4 is 0 Å². The number of hydrogen-bond donors (Lipinski definition) is 0. The largest absolute Gasteiger partial charge is 0.275 e. The lowest BCUT2D eigenvalue weighted by atomic mass is 10.0. The van der Waals surface area contributed by atoms with Gasteiger partial charge in [0.25, 0.3) is 5.24 Å². The quantitative estimate of drug-likeness (QED) is 0.368. The molecule has 0 fully saturated rings. The predicted molar refractivity (Wildman–Crippen MR) is 79.2 cm³/mol. The maximum Gasteiger partial charge on any atom is 0.257 e. The van der Waals surface area contributed by atoms with Crippen molar-refractivity contribution in [3.05, 3.63) is 40.5 Å². The summed E-state index contributed by atoms with van der Waals surface area (Å²) >= 11 is 13.0. The molecular formula is C13H10Cl2N2OS. The van der Waals surface area contributed by atoms with E-state index in [1.807, 2.05) is 37.4 Å². The highest BCUT2D eigenvalue weighted by Crippen LogP contribution is 2.31. The summed E-state index contributed by atoms with van der Waals surface area (Å²) in [5.41, 5.74) is 2.44. The number of thioether (sulfide) groups is 1. The van der Waals surface area contributed by atoms with Gasteiger partial charge >= 0.3 is 0 Å². The van der Waals surface area contributed by atoms with E-state index in [0.717, 1.165) is 11.1 Å². The van der Waals surface area contributed by atoms with Gasteiger partial charge in [0.05, 0.1) is 11.3 Å². The number of hydrogen-bond acceptors (Lipinski definition) is 4. The van der Waals surface area contributed by atoms with E-state index >= 15 is 0 Å². The molecule has 0 saturated carbocycles. The molecule has 2 rings (SSSR count). The fourth-order valence-corrected chi connectivity index (χ4v) is 2.61. The van der Waals surface area contributed by atoms with Gasteiger partial charge in [0.2, 0.25) is 0 Å². The normalized spacial score (nSPS) is 10.5. The number of rotatable bonds is 3. The maximum atomic E-state index is 11.6. The first-order valence-corrected chi connectivity index (χ1v) is 7.40. The molecule has 0 aliphatic carbocycles. The molecule has 0 saturated heterocycles. The molecule has 2 aromatic rings.